The molecule has 1 fully saturated rings. The van der Waals surface area contributed by atoms with Crippen LogP contribution in [0.4, 0.5) is 13.2 Å². The van der Waals surface area contributed by atoms with Crippen LogP contribution in [0.25, 0.3) is 0 Å². The van der Waals surface area contributed by atoms with E-state index in [1.54, 1.807) is 4.90 Å². The van der Waals surface area contributed by atoms with Gasteiger partial charge in [0.1, 0.15) is 12.4 Å². The maximum absolute atomic E-state index is 12.5. The predicted molar refractivity (Wildman–Crippen MR) is 81.4 cm³/mol. The zero-order valence-corrected chi connectivity index (χ0v) is 13.0. The minimum Gasteiger partial charge on any atom is -0.406 e. The van der Waals surface area contributed by atoms with Crippen molar-refractivity contribution in [3.63, 3.8) is 0 Å². The largest absolute Gasteiger partial charge is 0.573 e. The summed E-state index contributed by atoms with van der Waals surface area (Å²) in [7, 11) is 0. The molecule has 24 heavy (non-hydrogen) atoms. The summed E-state index contributed by atoms with van der Waals surface area (Å²) in [6, 6.07) is 4.94. The normalized spacial score (nSPS) is 18.1. The van der Waals surface area contributed by atoms with Crippen LogP contribution in [0.15, 0.2) is 24.3 Å². The number of terminal acetylenes is 1. The first-order chi connectivity index (χ1) is 11.4. The van der Waals surface area contributed by atoms with Crippen molar-refractivity contribution in [1.82, 2.24) is 4.90 Å². The van der Waals surface area contributed by atoms with E-state index < -0.39 is 6.36 Å². The summed E-state index contributed by atoms with van der Waals surface area (Å²) in [6.07, 6.45) is 2.18. The van der Waals surface area contributed by atoms with E-state index in [-0.39, 0.29) is 24.2 Å². The SMILES string of the molecule is C#CCOCC1CCCN(C(=O)c2ccc(OC(F)(F)F)cc2)C1. The summed E-state index contributed by atoms with van der Waals surface area (Å²) in [5, 5.41) is 0. The molecule has 0 saturated carbocycles. The van der Waals surface area contributed by atoms with Gasteiger partial charge in [-0.2, -0.15) is 0 Å². The first kappa shape index (κ1) is 18.1. The fourth-order valence-corrected chi connectivity index (χ4v) is 2.65. The molecular weight excluding hydrogens is 323 g/mol. The number of halogens is 3. The molecule has 1 unspecified atom stereocenters. The van der Waals surface area contributed by atoms with Crippen molar-refractivity contribution in [3.8, 4) is 18.1 Å². The fraction of sp³-hybridized carbons (Fsp3) is 0.471. The number of nitrogens with zero attached hydrogens (tertiary/aromatic N) is 1. The van der Waals surface area contributed by atoms with Gasteiger partial charge in [0.2, 0.25) is 0 Å². The van der Waals surface area contributed by atoms with Crippen LogP contribution >= 0.6 is 0 Å². The number of benzene rings is 1. The van der Waals surface area contributed by atoms with E-state index in [1.165, 1.54) is 12.1 Å². The monoisotopic (exact) mass is 341 g/mol. The molecule has 1 aliphatic heterocycles. The van der Waals surface area contributed by atoms with Crippen LogP contribution in [-0.2, 0) is 4.74 Å². The number of amides is 1. The van der Waals surface area contributed by atoms with Crippen molar-refractivity contribution in [2.75, 3.05) is 26.3 Å². The van der Waals surface area contributed by atoms with E-state index >= 15 is 0 Å². The Morgan fingerprint density at radius 2 is 2.04 bits per heavy atom. The third-order valence-electron chi connectivity index (χ3n) is 3.68. The molecule has 130 valence electrons. The Bertz CT molecular complexity index is 593. The number of piperidine rings is 1. The highest BCUT2D eigenvalue weighted by Gasteiger charge is 2.31. The fourth-order valence-electron chi connectivity index (χ4n) is 2.65. The van der Waals surface area contributed by atoms with E-state index in [1.807, 2.05) is 0 Å². The third-order valence-corrected chi connectivity index (χ3v) is 3.68. The molecule has 0 N–H and O–H groups in total. The van der Waals surface area contributed by atoms with Crippen molar-refractivity contribution in [3.05, 3.63) is 29.8 Å². The summed E-state index contributed by atoms with van der Waals surface area (Å²) < 4.78 is 45.5. The molecule has 1 aromatic carbocycles. The molecule has 0 bridgehead atoms. The Balaban J connectivity index is 1.94. The Hall–Kier alpha value is -2.20. The Labute approximate surface area is 138 Å². The van der Waals surface area contributed by atoms with Crippen molar-refractivity contribution in [1.29, 1.82) is 0 Å². The van der Waals surface area contributed by atoms with Crippen LogP contribution in [0.3, 0.4) is 0 Å². The number of hydrogen-bond donors (Lipinski definition) is 0. The van der Waals surface area contributed by atoms with Crippen molar-refractivity contribution >= 4 is 5.91 Å². The minimum atomic E-state index is -4.75. The summed E-state index contributed by atoms with van der Waals surface area (Å²) in [5.74, 6) is 2.04. The lowest BCUT2D eigenvalue weighted by Crippen LogP contribution is -2.41. The van der Waals surface area contributed by atoms with Crippen LogP contribution in [-0.4, -0.2) is 43.5 Å². The molecule has 0 radical (unpaired) electrons. The van der Waals surface area contributed by atoms with Gasteiger partial charge < -0.3 is 14.4 Å². The second kappa shape index (κ2) is 8.06. The lowest BCUT2D eigenvalue weighted by atomic mass is 9.98. The number of hydrogen-bond acceptors (Lipinski definition) is 3. The first-order valence-electron chi connectivity index (χ1n) is 7.55. The zero-order valence-electron chi connectivity index (χ0n) is 13.0. The molecular formula is C17H18F3NO3. The van der Waals surface area contributed by atoms with Crippen LogP contribution in [0, 0.1) is 18.3 Å². The second-order valence-corrected chi connectivity index (χ2v) is 5.55. The Kier molecular flexibility index (Phi) is 6.10. The van der Waals surface area contributed by atoms with Gasteiger partial charge in [-0.25, -0.2) is 0 Å². The van der Waals surface area contributed by atoms with E-state index in [2.05, 4.69) is 10.7 Å². The number of likely N-dealkylation sites (tertiary alicyclic amines) is 1. The number of carbonyl (C=O) groups is 1. The first-order valence-corrected chi connectivity index (χ1v) is 7.55. The summed E-state index contributed by atoms with van der Waals surface area (Å²) in [4.78, 5) is 14.1. The molecule has 0 aromatic heterocycles. The molecule has 0 spiro atoms. The van der Waals surface area contributed by atoms with Crippen molar-refractivity contribution in [2.24, 2.45) is 5.92 Å². The summed E-state index contributed by atoms with van der Waals surface area (Å²) >= 11 is 0. The average Bonchev–Trinajstić information content (AvgIpc) is 2.54. The molecule has 1 atom stereocenters. The van der Waals surface area contributed by atoms with Crippen molar-refractivity contribution in [2.45, 2.75) is 19.2 Å². The smallest absolute Gasteiger partial charge is 0.406 e. The van der Waals surface area contributed by atoms with Gasteiger partial charge in [-0.1, -0.05) is 5.92 Å². The van der Waals surface area contributed by atoms with Crippen molar-refractivity contribution < 1.29 is 27.4 Å². The van der Waals surface area contributed by atoms with Gasteiger partial charge in [0.25, 0.3) is 5.91 Å². The van der Waals surface area contributed by atoms with Crippen LogP contribution < -0.4 is 4.74 Å². The quantitative estimate of drug-likeness (QED) is 0.610. The van der Waals surface area contributed by atoms with E-state index in [4.69, 9.17) is 11.2 Å². The van der Waals surface area contributed by atoms with Gasteiger partial charge in [-0.15, -0.1) is 19.6 Å². The van der Waals surface area contributed by atoms with Crippen LogP contribution in [0.5, 0.6) is 5.75 Å². The molecule has 7 heteroatoms. The number of ether oxygens (including phenoxy) is 2. The maximum Gasteiger partial charge on any atom is 0.573 e. The maximum atomic E-state index is 12.5. The predicted octanol–water partition coefficient (Wildman–Crippen LogP) is 3.09. The van der Waals surface area contributed by atoms with Crippen LogP contribution in [0.2, 0.25) is 0 Å². The van der Waals surface area contributed by atoms with Gasteiger partial charge in [0.05, 0.1) is 6.61 Å². The highest BCUT2D eigenvalue weighted by molar-refractivity contribution is 5.94. The molecule has 4 nitrogen and oxygen atoms in total. The second-order valence-electron chi connectivity index (χ2n) is 5.55. The topological polar surface area (TPSA) is 38.8 Å². The highest BCUT2D eigenvalue weighted by atomic mass is 19.4. The molecule has 1 heterocycles. The highest BCUT2D eigenvalue weighted by Crippen LogP contribution is 2.24. The zero-order chi connectivity index (χ0) is 17.6. The minimum absolute atomic E-state index is 0.212. The summed E-state index contributed by atoms with van der Waals surface area (Å²) in [6.45, 7) is 1.90. The molecule has 2 rings (SSSR count). The van der Waals surface area contributed by atoms with Gasteiger partial charge in [0, 0.05) is 24.6 Å². The lowest BCUT2D eigenvalue weighted by Gasteiger charge is -2.32. The van der Waals surface area contributed by atoms with Gasteiger partial charge in [0.15, 0.2) is 0 Å². The van der Waals surface area contributed by atoms with Gasteiger partial charge in [-0.05, 0) is 37.1 Å². The average molecular weight is 341 g/mol. The lowest BCUT2D eigenvalue weighted by molar-refractivity contribution is -0.274. The van der Waals surface area contributed by atoms with Gasteiger partial charge >= 0.3 is 6.36 Å². The van der Waals surface area contributed by atoms with E-state index in [9.17, 15) is 18.0 Å². The Morgan fingerprint density at radius 3 is 2.67 bits per heavy atom. The molecule has 1 aromatic rings. The number of rotatable bonds is 5. The molecule has 1 aliphatic rings. The van der Waals surface area contributed by atoms with Gasteiger partial charge in [-0.3, -0.25) is 4.79 Å². The molecule has 1 saturated heterocycles. The van der Waals surface area contributed by atoms with Crippen LogP contribution in [0.1, 0.15) is 23.2 Å². The molecule has 1 amide bonds. The molecule has 0 aliphatic carbocycles. The number of alkyl halides is 3. The number of carbonyl (C=O) groups excluding carboxylic acids is 1. The standard InChI is InChI=1S/C17H18F3NO3/c1-2-10-23-12-13-4-3-9-21(11-13)16(22)14-5-7-15(8-6-14)24-17(18,19)20/h1,5-8,13H,3-4,9-12H2. The Morgan fingerprint density at radius 1 is 1.33 bits per heavy atom. The summed E-state index contributed by atoms with van der Waals surface area (Å²) in [5.41, 5.74) is 0.328. The van der Waals surface area contributed by atoms with E-state index in [0.29, 0.717) is 25.3 Å². The van der Waals surface area contributed by atoms with E-state index in [0.717, 1.165) is 25.0 Å². The third kappa shape index (κ3) is 5.46.